The van der Waals surface area contributed by atoms with Crippen LogP contribution in [0.3, 0.4) is 0 Å². The molecule has 8 nitrogen and oxygen atoms in total. The van der Waals surface area contributed by atoms with Gasteiger partial charge >= 0.3 is 0 Å². The van der Waals surface area contributed by atoms with Crippen molar-refractivity contribution >= 4 is 45.1 Å². The summed E-state index contributed by atoms with van der Waals surface area (Å²) in [5.41, 5.74) is 3.23. The van der Waals surface area contributed by atoms with E-state index < -0.39 is 23.2 Å². The third-order valence-corrected chi connectivity index (χ3v) is 7.78. The van der Waals surface area contributed by atoms with Crippen molar-refractivity contribution in [2.75, 3.05) is 16.8 Å². The summed E-state index contributed by atoms with van der Waals surface area (Å²) >= 11 is 1.09. The van der Waals surface area contributed by atoms with E-state index in [1.165, 1.54) is 39.2 Å². The zero-order valence-electron chi connectivity index (χ0n) is 21.9. The highest BCUT2D eigenvalue weighted by Gasteiger charge is 2.35. The second-order valence-electron chi connectivity index (χ2n) is 10.5. The first-order valence-corrected chi connectivity index (χ1v) is 13.4. The van der Waals surface area contributed by atoms with E-state index in [-0.39, 0.29) is 22.1 Å². The molecule has 2 aromatic heterocycles. The zero-order valence-corrected chi connectivity index (χ0v) is 22.8. The number of rotatable bonds is 4. The minimum atomic E-state index is -0.463. The fraction of sp³-hybridized carbons (Fsp3) is 0.167. The number of carbonyl (C=O) groups is 2. The molecule has 0 bridgehead atoms. The Hall–Kier alpha value is -4.70. The van der Waals surface area contributed by atoms with Crippen molar-refractivity contribution in [1.82, 2.24) is 14.6 Å². The average Bonchev–Trinajstić information content (AvgIpc) is 3.56. The topological polar surface area (TPSA) is 96.7 Å². The lowest BCUT2D eigenvalue weighted by Gasteiger charge is -2.18. The maximum atomic E-state index is 13.6. The molecule has 0 saturated heterocycles. The van der Waals surface area contributed by atoms with Gasteiger partial charge in [0.15, 0.2) is 5.82 Å². The Balaban J connectivity index is 1.35. The fourth-order valence-electron chi connectivity index (χ4n) is 4.66. The Kier molecular flexibility index (Phi) is 6.07. The quantitative estimate of drug-likeness (QED) is 0.361. The Morgan fingerprint density at radius 3 is 2.35 bits per heavy atom. The molecule has 1 N–H and O–H groups in total. The normalized spacial score (nSPS) is 14.6. The molecule has 0 aliphatic carbocycles. The van der Waals surface area contributed by atoms with E-state index in [0.717, 1.165) is 16.9 Å². The van der Waals surface area contributed by atoms with Crippen molar-refractivity contribution in [3.05, 3.63) is 105 Å². The molecular formula is C30H24FN5O3S. The average molecular weight is 554 g/mol. The van der Waals surface area contributed by atoms with Crippen LogP contribution in [0, 0.1) is 5.82 Å². The lowest BCUT2D eigenvalue weighted by atomic mass is 9.87. The smallest absolute Gasteiger partial charge is 0.291 e. The summed E-state index contributed by atoms with van der Waals surface area (Å²) in [6.45, 7) is 6.13. The number of nitrogens with zero attached hydrogens (tertiary/aromatic N) is 4. The molecule has 1 aliphatic rings. The standard InChI is InChI=1S/C30H24FN5O3S/c1-30(2,3)18-10-8-17(9-11-18)26-33-29-36(34-26)28(39)25(40-29)24-21-6-4-5-7-22(21)35(27(24)38)16-23(37)32-20-14-12-19(31)13-15-20/h4-15H,16H2,1-3H3,(H,32,37). The number of hydrogen-bond donors (Lipinski definition) is 1. The third-order valence-electron chi connectivity index (χ3n) is 6.75. The summed E-state index contributed by atoms with van der Waals surface area (Å²) in [5, 5.41) is 7.11. The van der Waals surface area contributed by atoms with Gasteiger partial charge in [0.25, 0.3) is 11.5 Å². The Morgan fingerprint density at radius 2 is 1.68 bits per heavy atom. The van der Waals surface area contributed by atoms with Gasteiger partial charge in [-0.15, -0.1) is 5.10 Å². The molecule has 2 amide bonds. The van der Waals surface area contributed by atoms with Crippen LogP contribution < -0.4 is 20.3 Å². The summed E-state index contributed by atoms with van der Waals surface area (Å²) in [6.07, 6.45) is 0. The zero-order chi connectivity index (χ0) is 28.2. The van der Waals surface area contributed by atoms with Gasteiger partial charge in [0.05, 0.1) is 11.3 Å². The van der Waals surface area contributed by atoms with E-state index in [1.807, 2.05) is 24.3 Å². The number of amides is 2. The van der Waals surface area contributed by atoms with Gasteiger partial charge in [0.2, 0.25) is 10.9 Å². The van der Waals surface area contributed by atoms with Crippen LogP contribution in [0.5, 0.6) is 0 Å². The van der Waals surface area contributed by atoms with Crippen molar-refractivity contribution in [3.8, 4) is 11.4 Å². The Labute approximate surface area is 232 Å². The SMILES string of the molecule is CC(C)(C)c1ccc(-c2nc3sc(=C4C(=O)N(CC(=O)Nc5ccc(F)cc5)c5ccccc54)c(=O)n3n2)cc1. The van der Waals surface area contributed by atoms with Gasteiger partial charge in [0.1, 0.15) is 16.9 Å². The molecule has 40 heavy (non-hydrogen) atoms. The molecule has 3 heterocycles. The second kappa shape index (κ2) is 9.49. The second-order valence-corrected chi connectivity index (χ2v) is 11.5. The van der Waals surface area contributed by atoms with Crippen LogP contribution in [0.2, 0.25) is 0 Å². The number of fused-ring (bicyclic) bond motifs is 2. The number of hydrogen-bond acceptors (Lipinski definition) is 6. The molecule has 0 atom stereocenters. The predicted molar refractivity (Wildman–Crippen MR) is 153 cm³/mol. The lowest BCUT2D eigenvalue weighted by molar-refractivity contribution is -0.118. The molecule has 0 unspecified atom stereocenters. The van der Waals surface area contributed by atoms with E-state index in [2.05, 4.69) is 36.2 Å². The van der Waals surface area contributed by atoms with Gasteiger partial charge in [0, 0.05) is 16.8 Å². The largest absolute Gasteiger partial charge is 0.325 e. The van der Waals surface area contributed by atoms with Crippen LogP contribution in [0.25, 0.3) is 21.9 Å². The highest BCUT2D eigenvalue weighted by Crippen LogP contribution is 2.35. The molecular weight excluding hydrogens is 529 g/mol. The maximum absolute atomic E-state index is 13.6. The van der Waals surface area contributed by atoms with Gasteiger partial charge in [-0.1, -0.05) is 74.6 Å². The Morgan fingerprint density at radius 1 is 0.975 bits per heavy atom. The van der Waals surface area contributed by atoms with E-state index in [0.29, 0.717) is 27.7 Å². The van der Waals surface area contributed by atoms with Crippen LogP contribution in [0.4, 0.5) is 15.8 Å². The van der Waals surface area contributed by atoms with E-state index in [9.17, 15) is 18.8 Å². The van der Waals surface area contributed by atoms with Gasteiger partial charge in [-0.25, -0.2) is 4.39 Å². The molecule has 3 aromatic carbocycles. The highest BCUT2D eigenvalue weighted by molar-refractivity contribution is 7.15. The predicted octanol–water partition coefficient (Wildman–Crippen LogP) is 4.16. The summed E-state index contributed by atoms with van der Waals surface area (Å²) in [5.74, 6) is -0.910. The molecule has 6 rings (SSSR count). The van der Waals surface area contributed by atoms with E-state index in [1.54, 1.807) is 24.3 Å². The van der Waals surface area contributed by atoms with Crippen LogP contribution in [0.1, 0.15) is 31.9 Å². The number of aromatic nitrogens is 3. The first-order valence-electron chi connectivity index (χ1n) is 12.6. The Bertz CT molecular complexity index is 1900. The van der Waals surface area contributed by atoms with Crippen molar-refractivity contribution < 1.29 is 14.0 Å². The van der Waals surface area contributed by atoms with Gasteiger partial charge < -0.3 is 5.32 Å². The monoisotopic (exact) mass is 553 g/mol. The van der Waals surface area contributed by atoms with Crippen LogP contribution >= 0.6 is 11.3 Å². The van der Waals surface area contributed by atoms with E-state index >= 15 is 0 Å². The molecule has 0 radical (unpaired) electrons. The number of para-hydroxylation sites is 1. The lowest BCUT2D eigenvalue weighted by Crippen LogP contribution is -2.37. The van der Waals surface area contributed by atoms with Crippen LogP contribution in [0.15, 0.2) is 77.6 Å². The van der Waals surface area contributed by atoms with Crippen molar-refractivity contribution in [2.24, 2.45) is 0 Å². The van der Waals surface area contributed by atoms with Crippen LogP contribution in [-0.2, 0) is 15.0 Å². The van der Waals surface area contributed by atoms with Gasteiger partial charge in [-0.05, 0) is 41.3 Å². The molecule has 5 aromatic rings. The van der Waals surface area contributed by atoms with Gasteiger partial charge in [-0.2, -0.15) is 9.50 Å². The fourth-order valence-corrected chi connectivity index (χ4v) is 5.66. The molecule has 1 aliphatic heterocycles. The summed E-state index contributed by atoms with van der Waals surface area (Å²) < 4.78 is 14.7. The summed E-state index contributed by atoms with van der Waals surface area (Å²) in [4.78, 5) is 46.1. The molecule has 0 spiro atoms. The molecule has 200 valence electrons. The van der Waals surface area contributed by atoms with Crippen LogP contribution in [-0.4, -0.2) is 33.0 Å². The van der Waals surface area contributed by atoms with Crippen molar-refractivity contribution in [3.63, 3.8) is 0 Å². The third kappa shape index (κ3) is 4.46. The minimum absolute atomic E-state index is 0.00838. The van der Waals surface area contributed by atoms with Gasteiger partial charge in [-0.3, -0.25) is 19.3 Å². The molecule has 0 saturated carbocycles. The van der Waals surface area contributed by atoms with Crippen molar-refractivity contribution in [1.29, 1.82) is 0 Å². The van der Waals surface area contributed by atoms with Crippen molar-refractivity contribution in [2.45, 2.75) is 26.2 Å². The summed E-state index contributed by atoms with van der Waals surface area (Å²) in [6, 6.07) is 20.3. The van der Waals surface area contributed by atoms with E-state index in [4.69, 9.17) is 0 Å². The number of thiazole rings is 1. The number of benzene rings is 3. The molecule has 0 fully saturated rings. The minimum Gasteiger partial charge on any atom is -0.325 e. The first kappa shape index (κ1) is 25.6. The molecule has 10 heteroatoms. The highest BCUT2D eigenvalue weighted by atomic mass is 32.1. The maximum Gasteiger partial charge on any atom is 0.291 e. The summed E-state index contributed by atoms with van der Waals surface area (Å²) in [7, 11) is 0. The number of halogens is 1. The number of anilines is 2. The number of carbonyl (C=O) groups excluding carboxylic acids is 2. The number of nitrogens with one attached hydrogen (secondary N) is 1. The first-order chi connectivity index (χ1) is 19.1.